The first-order valence-corrected chi connectivity index (χ1v) is 6.88. The number of hydrogen-bond acceptors (Lipinski definition) is 2. The Labute approximate surface area is 122 Å². The van der Waals surface area contributed by atoms with Crippen LogP contribution in [-0.2, 0) is 11.3 Å². The van der Waals surface area contributed by atoms with E-state index in [1.54, 1.807) is 0 Å². The van der Waals surface area contributed by atoms with E-state index in [0.29, 0.717) is 6.61 Å². The average molecular weight is 297 g/mol. The maximum absolute atomic E-state index is 5.80. The van der Waals surface area contributed by atoms with Crippen molar-refractivity contribution in [1.82, 2.24) is 0 Å². The van der Waals surface area contributed by atoms with Crippen LogP contribution in [0.3, 0.4) is 0 Å². The number of para-hydroxylation sites is 1. The van der Waals surface area contributed by atoms with E-state index in [9.17, 15) is 0 Å². The molecule has 0 saturated carbocycles. The molecule has 0 amide bonds. The molecule has 0 aliphatic heterocycles. The van der Waals surface area contributed by atoms with Crippen LogP contribution in [0.4, 0.5) is 0 Å². The van der Waals surface area contributed by atoms with Gasteiger partial charge in [-0.25, -0.2) is 0 Å². The average Bonchev–Trinajstić information content (AvgIpc) is 2.46. The van der Waals surface area contributed by atoms with Crippen molar-refractivity contribution in [1.29, 1.82) is 0 Å². The van der Waals surface area contributed by atoms with Gasteiger partial charge in [-0.3, -0.25) is 0 Å². The van der Waals surface area contributed by atoms with Crippen molar-refractivity contribution < 1.29 is 9.47 Å². The molecule has 0 N–H and O–H groups in total. The van der Waals surface area contributed by atoms with Crippen molar-refractivity contribution >= 4 is 23.2 Å². The Balaban J connectivity index is 1.99. The Bertz CT molecular complexity index is 503. The van der Waals surface area contributed by atoms with E-state index in [0.717, 1.165) is 17.1 Å². The molecule has 2 nitrogen and oxygen atoms in total. The molecule has 0 heterocycles. The second-order valence-electron chi connectivity index (χ2n) is 3.94. The molecule has 1 unspecified atom stereocenters. The van der Waals surface area contributed by atoms with Gasteiger partial charge in [-0.05, 0) is 29.8 Å². The van der Waals surface area contributed by atoms with Crippen molar-refractivity contribution in [3.63, 3.8) is 0 Å². The summed E-state index contributed by atoms with van der Waals surface area (Å²) in [5.41, 5.74) is 0.518. The topological polar surface area (TPSA) is 18.5 Å². The second kappa shape index (κ2) is 7.39. The maximum Gasteiger partial charge on any atom is 0.145 e. The van der Waals surface area contributed by atoms with Gasteiger partial charge in [0.1, 0.15) is 17.1 Å². The SMILES string of the molecule is ClCC(Cl)OCc1cccc(Oc2ccccc2)c1. The molecule has 0 spiro atoms. The zero-order valence-corrected chi connectivity index (χ0v) is 11.8. The highest BCUT2D eigenvalue weighted by Gasteiger charge is 2.04. The van der Waals surface area contributed by atoms with Crippen molar-refractivity contribution in [2.75, 3.05) is 5.88 Å². The van der Waals surface area contributed by atoms with Gasteiger partial charge in [0.2, 0.25) is 0 Å². The molecule has 0 bridgehead atoms. The van der Waals surface area contributed by atoms with Gasteiger partial charge in [0, 0.05) is 0 Å². The van der Waals surface area contributed by atoms with Crippen molar-refractivity contribution in [3.05, 3.63) is 60.2 Å². The predicted molar refractivity (Wildman–Crippen MR) is 78.1 cm³/mol. The van der Waals surface area contributed by atoms with Gasteiger partial charge < -0.3 is 9.47 Å². The fraction of sp³-hybridized carbons (Fsp3) is 0.200. The van der Waals surface area contributed by atoms with Crippen LogP contribution in [0.2, 0.25) is 0 Å². The normalized spacial score (nSPS) is 12.1. The summed E-state index contributed by atoms with van der Waals surface area (Å²) in [5, 5.41) is 0. The van der Waals surface area contributed by atoms with E-state index in [1.165, 1.54) is 0 Å². The molecule has 0 aliphatic carbocycles. The monoisotopic (exact) mass is 296 g/mol. The summed E-state index contributed by atoms with van der Waals surface area (Å²) >= 11 is 11.4. The quantitative estimate of drug-likeness (QED) is 0.713. The Kier molecular flexibility index (Phi) is 5.52. The Hall–Kier alpha value is -1.22. The third-order valence-corrected chi connectivity index (χ3v) is 3.15. The summed E-state index contributed by atoms with van der Waals surface area (Å²) < 4.78 is 11.1. The molecule has 1 atom stereocenters. The first-order chi connectivity index (χ1) is 9.28. The molecule has 0 aromatic heterocycles. The van der Waals surface area contributed by atoms with Crippen molar-refractivity contribution in [3.8, 4) is 11.5 Å². The van der Waals surface area contributed by atoms with Gasteiger partial charge >= 0.3 is 0 Å². The standard InChI is InChI=1S/C15H14Cl2O2/c16-10-15(17)18-11-12-5-4-8-14(9-12)19-13-6-2-1-3-7-13/h1-9,15H,10-11H2. The molecule has 19 heavy (non-hydrogen) atoms. The molecule has 0 radical (unpaired) electrons. The third-order valence-electron chi connectivity index (χ3n) is 2.43. The first-order valence-electron chi connectivity index (χ1n) is 5.91. The molecule has 0 aliphatic rings. The summed E-state index contributed by atoms with van der Waals surface area (Å²) in [6.45, 7) is 0.410. The fourth-order valence-electron chi connectivity index (χ4n) is 1.55. The zero-order valence-electron chi connectivity index (χ0n) is 10.3. The lowest BCUT2D eigenvalue weighted by Crippen LogP contribution is -2.06. The molecule has 100 valence electrons. The lowest BCUT2D eigenvalue weighted by molar-refractivity contribution is 0.107. The summed E-state index contributed by atoms with van der Waals surface area (Å²) in [6, 6.07) is 17.3. The molecule has 2 aromatic rings. The van der Waals surface area contributed by atoms with Crippen LogP contribution in [0.25, 0.3) is 0 Å². The molecule has 2 rings (SSSR count). The van der Waals surface area contributed by atoms with Gasteiger partial charge in [0.15, 0.2) is 0 Å². The molecule has 4 heteroatoms. The smallest absolute Gasteiger partial charge is 0.145 e. The number of halogens is 2. The van der Waals surface area contributed by atoms with Crippen LogP contribution in [0.1, 0.15) is 5.56 Å². The molecule has 0 saturated heterocycles. The summed E-state index contributed by atoms with van der Waals surface area (Å²) in [4.78, 5) is 0. The number of alkyl halides is 2. The minimum atomic E-state index is -0.472. The maximum atomic E-state index is 5.80. The van der Waals surface area contributed by atoms with Crippen LogP contribution >= 0.6 is 23.2 Å². The van der Waals surface area contributed by atoms with E-state index >= 15 is 0 Å². The molecular formula is C15H14Cl2O2. The zero-order chi connectivity index (χ0) is 13.5. The number of ether oxygens (including phenoxy) is 2. The second-order valence-corrected chi connectivity index (χ2v) is 4.73. The van der Waals surface area contributed by atoms with E-state index in [2.05, 4.69) is 0 Å². The van der Waals surface area contributed by atoms with E-state index in [4.69, 9.17) is 32.7 Å². The van der Waals surface area contributed by atoms with E-state index in [1.807, 2.05) is 54.6 Å². The van der Waals surface area contributed by atoms with E-state index in [-0.39, 0.29) is 5.88 Å². The van der Waals surface area contributed by atoms with Gasteiger partial charge in [0.25, 0.3) is 0 Å². The molecular weight excluding hydrogens is 283 g/mol. The van der Waals surface area contributed by atoms with Gasteiger partial charge in [-0.1, -0.05) is 41.9 Å². The van der Waals surface area contributed by atoms with Gasteiger partial charge in [-0.2, -0.15) is 0 Å². The Morgan fingerprint density at radius 2 is 1.68 bits per heavy atom. The summed E-state index contributed by atoms with van der Waals surface area (Å²) in [5.74, 6) is 1.84. The first kappa shape index (κ1) is 14.2. The Morgan fingerprint density at radius 3 is 2.42 bits per heavy atom. The van der Waals surface area contributed by atoms with Crippen LogP contribution in [0, 0.1) is 0 Å². The van der Waals surface area contributed by atoms with Gasteiger partial charge in [0.05, 0.1) is 12.5 Å². The van der Waals surface area contributed by atoms with Crippen molar-refractivity contribution in [2.45, 2.75) is 12.2 Å². The van der Waals surface area contributed by atoms with E-state index < -0.39 is 5.56 Å². The lowest BCUT2D eigenvalue weighted by Gasteiger charge is -2.10. The van der Waals surface area contributed by atoms with Crippen LogP contribution < -0.4 is 4.74 Å². The fourth-order valence-corrected chi connectivity index (χ4v) is 1.71. The van der Waals surface area contributed by atoms with Crippen molar-refractivity contribution in [2.24, 2.45) is 0 Å². The van der Waals surface area contributed by atoms with Gasteiger partial charge in [-0.15, -0.1) is 11.6 Å². The molecule has 0 fully saturated rings. The highest BCUT2D eigenvalue weighted by Crippen LogP contribution is 2.22. The third kappa shape index (κ3) is 4.75. The van der Waals surface area contributed by atoms with Crippen LogP contribution in [0.15, 0.2) is 54.6 Å². The highest BCUT2D eigenvalue weighted by atomic mass is 35.5. The number of benzene rings is 2. The lowest BCUT2D eigenvalue weighted by atomic mass is 10.2. The molecule has 2 aromatic carbocycles. The van der Waals surface area contributed by atoms with Crippen LogP contribution in [0.5, 0.6) is 11.5 Å². The number of rotatable bonds is 6. The Morgan fingerprint density at radius 1 is 0.947 bits per heavy atom. The predicted octanol–water partition coefficient (Wildman–Crippen LogP) is 4.80. The summed E-state index contributed by atoms with van der Waals surface area (Å²) in [6.07, 6.45) is 0. The minimum Gasteiger partial charge on any atom is -0.457 e. The van der Waals surface area contributed by atoms with Crippen LogP contribution in [-0.4, -0.2) is 11.4 Å². The highest BCUT2D eigenvalue weighted by molar-refractivity contribution is 6.27. The number of hydrogen-bond donors (Lipinski definition) is 0. The summed E-state index contributed by atoms with van der Waals surface area (Å²) in [7, 11) is 0. The largest absolute Gasteiger partial charge is 0.457 e. The minimum absolute atomic E-state index is 0.266.